The van der Waals surface area contributed by atoms with Crippen LogP contribution in [0.2, 0.25) is 0 Å². The third-order valence-corrected chi connectivity index (χ3v) is 7.16. The van der Waals surface area contributed by atoms with Crippen LogP contribution >= 0.6 is 23.7 Å². The van der Waals surface area contributed by atoms with Crippen molar-refractivity contribution in [3.05, 3.63) is 35.0 Å². The number of halogens is 3. The molecule has 3 aliphatic rings. The number of nitrogens with zero attached hydrogens (tertiary/aromatic N) is 3. The molecule has 2 aliphatic heterocycles. The van der Waals surface area contributed by atoms with Crippen LogP contribution in [0.3, 0.4) is 0 Å². The second-order valence-electron chi connectivity index (χ2n) is 7.34. The molecule has 0 amide bonds. The van der Waals surface area contributed by atoms with Crippen molar-refractivity contribution >= 4 is 29.7 Å². The van der Waals surface area contributed by atoms with Gasteiger partial charge in [-0.25, -0.2) is 14.4 Å². The molecule has 0 radical (unpaired) electrons. The monoisotopic (exact) mass is 424 g/mol. The van der Waals surface area contributed by atoms with Crippen LogP contribution in [-0.4, -0.2) is 41.2 Å². The minimum absolute atomic E-state index is 0.159. The Hall–Kier alpha value is -1.45. The molecule has 0 saturated carbocycles. The minimum Gasteiger partial charge on any atom is -0.335 e. The van der Waals surface area contributed by atoms with Crippen LogP contribution in [-0.2, 0) is 12.3 Å². The van der Waals surface area contributed by atoms with E-state index in [0.29, 0.717) is 11.3 Å². The Labute approximate surface area is 169 Å². The molecule has 1 aromatic heterocycles. The highest BCUT2D eigenvalue weighted by Crippen LogP contribution is 2.46. The highest BCUT2D eigenvalue weighted by Gasteiger charge is 2.44. The number of alkyl halides is 3. The first-order chi connectivity index (χ1) is 13.5. The number of anilines is 1. The van der Waals surface area contributed by atoms with Crippen LogP contribution in [0.15, 0.2) is 23.1 Å². The van der Waals surface area contributed by atoms with E-state index in [1.165, 1.54) is 5.56 Å². The van der Waals surface area contributed by atoms with E-state index in [4.69, 9.17) is 0 Å². The number of aromatic nitrogens is 2. The molecule has 1 N–H and O–H groups in total. The van der Waals surface area contributed by atoms with Gasteiger partial charge in [0.1, 0.15) is 11.9 Å². The Morgan fingerprint density at radius 2 is 2.11 bits per heavy atom. The van der Waals surface area contributed by atoms with Crippen molar-refractivity contribution in [2.45, 2.75) is 35.9 Å². The number of fused-ring (bicyclic) bond motifs is 2. The summed E-state index contributed by atoms with van der Waals surface area (Å²) in [5.41, 5.74) is 2.94. The smallest absolute Gasteiger partial charge is 0.290 e. The molecule has 1 fully saturated rings. The first-order valence-electron chi connectivity index (χ1n) is 9.20. The summed E-state index contributed by atoms with van der Waals surface area (Å²) in [5.74, 6) is -1.81. The average Bonchev–Trinajstić information content (AvgIpc) is 3.19. The SMILES string of the molecule is CSNC1CSc2cc(-c3nc(N4CC(F)C4)nc4c3CCC4(F)F)ccc21. The van der Waals surface area contributed by atoms with Crippen molar-refractivity contribution in [3.8, 4) is 11.3 Å². The summed E-state index contributed by atoms with van der Waals surface area (Å²) in [7, 11) is 0. The lowest BCUT2D eigenvalue weighted by atomic mass is 10.0. The lowest BCUT2D eigenvalue weighted by Crippen LogP contribution is -2.49. The van der Waals surface area contributed by atoms with E-state index in [1.54, 1.807) is 28.6 Å². The molecule has 1 unspecified atom stereocenters. The van der Waals surface area contributed by atoms with Crippen LogP contribution in [0.25, 0.3) is 11.3 Å². The quantitative estimate of drug-likeness (QED) is 0.736. The fraction of sp³-hybridized carbons (Fsp3) is 0.474. The Morgan fingerprint density at radius 1 is 1.29 bits per heavy atom. The standard InChI is InChI=1S/C19H19F3N4S2/c1-27-25-14-9-28-15-6-10(2-3-12(14)15)16-13-4-5-19(21,22)17(13)24-18(23-16)26-7-11(20)8-26/h2-3,6,11,14,25H,4-5,7-9H2,1H3. The molecule has 0 spiro atoms. The minimum atomic E-state index is -2.96. The predicted molar refractivity (Wildman–Crippen MR) is 107 cm³/mol. The Kier molecular flexibility index (Phi) is 4.52. The lowest BCUT2D eigenvalue weighted by molar-refractivity contribution is -0.00594. The zero-order valence-corrected chi connectivity index (χ0v) is 16.8. The van der Waals surface area contributed by atoms with Crippen molar-refractivity contribution in [2.24, 2.45) is 0 Å². The van der Waals surface area contributed by atoms with Crippen LogP contribution in [0.4, 0.5) is 19.1 Å². The normalized spacial score (nSPS) is 22.9. The molecule has 1 aromatic carbocycles. The van der Waals surface area contributed by atoms with Gasteiger partial charge >= 0.3 is 0 Å². The van der Waals surface area contributed by atoms with E-state index in [1.807, 2.05) is 18.4 Å². The molecule has 5 rings (SSSR count). The number of nitrogens with one attached hydrogen (secondary N) is 1. The van der Waals surface area contributed by atoms with E-state index in [-0.39, 0.29) is 43.6 Å². The number of rotatable bonds is 4. The van der Waals surface area contributed by atoms with Gasteiger partial charge in [-0.1, -0.05) is 24.1 Å². The van der Waals surface area contributed by atoms with E-state index in [0.717, 1.165) is 16.2 Å². The molecule has 1 aliphatic carbocycles. The molecule has 148 valence electrons. The summed E-state index contributed by atoms with van der Waals surface area (Å²) in [6.45, 7) is 0.317. The second-order valence-corrected chi connectivity index (χ2v) is 9.05. The summed E-state index contributed by atoms with van der Waals surface area (Å²) in [5, 5.41) is 0. The molecular formula is C19H19F3N4S2. The number of thioether (sulfide) groups is 1. The molecular weight excluding hydrogens is 405 g/mol. The topological polar surface area (TPSA) is 41.1 Å². The van der Waals surface area contributed by atoms with E-state index < -0.39 is 12.1 Å². The molecule has 9 heteroatoms. The molecule has 3 heterocycles. The maximum absolute atomic E-state index is 14.4. The fourth-order valence-corrected chi connectivity index (χ4v) is 5.77. The highest BCUT2D eigenvalue weighted by molar-refractivity contribution is 8.00. The van der Waals surface area contributed by atoms with E-state index >= 15 is 0 Å². The van der Waals surface area contributed by atoms with Gasteiger partial charge < -0.3 is 4.90 Å². The van der Waals surface area contributed by atoms with Gasteiger partial charge in [0.2, 0.25) is 5.95 Å². The molecule has 1 saturated heterocycles. The summed E-state index contributed by atoms with van der Waals surface area (Å²) >= 11 is 3.35. The molecule has 1 atom stereocenters. The average molecular weight is 425 g/mol. The fourth-order valence-electron chi connectivity index (χ4n) is 3.98. The lowest BCUT2D eigenvalue weighted by Gasteiger charge is -2.34. The van der Waals surface area contributed by atoms with Crippen molar-refractivity contribution in [1.29, 1.82) is 0 Å². The molecule has 2 aromatic rings. The first-order valence-corrected chi connectivity index (χ1v) is 11.4. The van der Waals surface area contributed by atoms with Gasteiger partial charge in [-0.2, -0.15) is 8.78 Å². The maximum atomic E-state index is 14.4. The van der Waals surface area contributed by atoms with Crippen LogP contribution in [0.1, 0.15) is 29.3 Å². The summed E-state index contributed by atoms with van der Waals surface area (Å²) in [4.78, 5) is 11.5. The van der Waals surface area contributed by atoms with E-state index in [9.17, 15) is 13.2 Å². The first kappa shape index (κ1) is 18.6. The molecule has 28 heavy (non-hydrogen) atoms. The van der Waals surface area contributed by atoms with Gasteiger partial charge in [-0.05, 0) is 24.3 Å². The largest absolute Gasteiger partial charge is 0.335 e. The van der Waals surface area contributed by atoms with Gasteiger partial charge in [0.25, 0.3) is 5.92 Å². The second kappa shape index (κ2) is 6.81. The van der Waals surface area contributed by atoms with Crippen LogP contribution < -0.4 is 9.62 Å². The van der Waals surface area contributed by atoms with Crippen molar-refractivity contribution in [1.82, 2.24) is 14.7 Å². The van der Waals surface area contributed by atoms with Gasteiger partial charge in [0.05, 0.1) is 24.8 Å². The number of hydrogen-bond acceptors (Lipinski definition) is 6. The van der Waals surface area contributed by atoms with Crippen LogP contribution in [0, 0.1) is 0 Å². The van der Waals surface area contributed by atoms with Crippen molar-refractivity contribution in [2.75, 3.05) is 30.0 Å². The Balaban J connectivity index is 1.58. The van der Waals surface area contributed by atoms with Gasteiger partial charge in [-0.15, -0.1) is 11.8 Å². The Morgan fingerprint density at radius 3 is 2.86 bits per heavy atom. The zero-order chi connectivity index (χ0) is 19.5. The van der Waals surface area contributed by atoms with Gasteiger partial charge in [0, 0.05) is 28.2 Å². The maximum Gasteiger partial charge on any atom is 0.290 e. The summed E-state index contributed by atoms with van der Waals surface area (Å²) < 4.78 is 45.5. The predicted octanol–water partition coefficient (Wildman–Crippen LogP) is 4.35. The third-order valence-electron chi connectivity index (χ3n) is 5.48. The molecule has 0 bridgehead atoms. The third kappa shape index (κ3) is 2.98. The summed E-state index contributed by atoms with van der Waals surface area (Å²) in [6.07, 6.45) is 1.06. The number of hydrogen-bond donors (Lipinski definition) is 1. The zero-order valence-electron chi connectivity index (χ0n) is 15.2. The Bertz CT molecular complexity index is 934. The van der Waals surface area contributed by atoms with Gasteiger partial charge in [0.15, 0.2) is 0 Å². The van der Waals surface area contributed by atoms with Crippen molar-refractivity contribution in [3.63, 3.8) is 0 Å². The van der Waals surface area contributed by atoms with Crippen LogP contribution in [0.5, 0.6) is 0 Å². The summed E-state index contributed by atoms with van der Waals surface area (Å²) in [6, 6.07) is 6.33. The number of benzene rings is 1. The van der Waals surface area contributed by atoms with Gasteiger partial charge in [-0.3, -0.25) is 4.72 Å². The van der Waals surface area contributed by atoms with E-state index in [2.05, 4.69) is 20.8 Å². The van der Waals surface area contributed by atoms with Crippen molar-refractivity contribution < 1.29 is 13.2 Å². The highest BCUT2D eigenvalue weighted by atomic mass is 32.2. The molecule has 4 nitrogen and oxygen atoms in total.